The van der Waals surface area contributed by atoms with Gasteiger partial charge in [0.2, 0.25) is 0 Å². The summed E-state index contributed by atoms with van der Waals surface area (Å²) >= 11 is 0. The highest BCUT2D eigenvalue weighted by molar-refractivity contribution is 5.67. The van der Waals surface area contributed by atoms with Crippen LogP contribution >= 0.6 is 0 Å². The van der Waals surface area contributed by atoms with Gasteiger partial charge in [-0.1, -0.05) is 31.7 Å². The van der Waals surface area contributed by atoms with E-state index in [2.05, 4.69) is 23.8 Å². The molecule has 1 atom stereocenters. The summed E-state index contributed by atoms with van der Waals surface area (Å²) < 4.78 is 5.17. The predicted octanol–water partition coefficient (Wildman–Crippen LogP) is 2.37. The van der Waals surface area contributed by atoms with Gasteiger partial charge in [-0.15, -0.1) is 6.58 Å². The first-order valence-electron chi connectivity index (χ1n) is 7.90. The molecule has 0 radical (unpaired) electrons. The number of carbonyl (C=O) groups excluding carboxylic acids is 1. The van der Waals surface area contributed by atoms with E-state index >= 15 is 0 Å². The first-order valence-corrected chi connectivity index (χ1v) is 7.90. The van der Waals surface area contributed by atoms with E-state index in [1.54, 1.807) is 12.2 Å². The number of carbonyl (C=O) groups is 1. The van der Waals surface area contributed by atoms with Gasteiger partial charge in [-0.25, -0.2) is 4.79 Å². The van der Waals surface area contributed by atoms with Crippen LogP contribution in [0.25, 0.3) is 0 Å². The van der Waals surface area contributed by atoms with Crippen molar-refractivity contribution in [2.24, 2.45) is 11.7 Å². The molecule has 0 aromatic carbocycles. The second-order valence-corrected chi connectivity index (χ2v) is 5.13. The molecule has 0 aliphatic carbocycles. The van der Waals surface area contributed by atoms with Gasteiger partial charge in [-0.2, -0.15) is 0 Å². The minimum Gasteiger partial charge on any atom is -0.445 e. The average Bonchev–Trinajstić information content (AvgIpc) is 2.53. The fourth-order valence-electron chi connectivity index (χ4n) is 2.06. The van der Waals surface area contributed by atoms with E-state index < -0.39 is 0 Å². The van der Waals surface area contributed by atoms with Crippen LogP contribution in [0.1, 0.15) is 26.2 Å². The molecule has 1 rings (SSSR count). The summed E-state index contributed by atoms with van der Waals surface area (Å²) in [5.41, 5.74) is 5.83. The SMILES string of the molecule is C=C/C=C(\CC=C)COC(=O)NCC1CCCNC1.CCN. The van der Waals surface area contributed by atoms with E-state index in [9.17, 15) is 4.79 Å². The number of ether oxygens (including phenoxy) is 1. The molecule has 0 aromatic heterocycles. The molecule has 5 heteroatoms. The van der Waals surface area contributed by atoms with Crippen LogP contribution in [-0.4, -0.2) is 38.9 Å². The van der Waals surface area contributed by atoms with Crippen LogP contribution in [-0.2, 0) is 4.74 Å². The number of alkyl carbamates (subject to hydrolysis) is 1. The normalized spacial score (nSPS) is 17.7. The molecule has 22 heavy (non-hydrogen) atoms. The summed E-state index contributed by atoms with van der Waals surface area (Å²) in [6.07, 6.45) is 7.99. The highest BCUT2D eigenvalue weighted by Gasteiger charge is 2.14. The van der Waals surface area contributed by atoms with Gasteiger partial charge >= 0.3 is 6.09 Å². The Morgan fingerprint density at radius 1 is 1.50 bits per heavy atom. The van der Waals surface area contributed by atoms with E-state index in [0.29, 0.717) is 18.9 Å². The van der Waals surface area contributed by atoms with Crippen LogP contribution in [0, 0.1) is 5.92 Å². The largest absolute Gasteiger partial charge is 0.445 e. The topological polar surface area (TPSA) is 76.4 Å². The Hall–Kier alpha value is -1.59. The quantitative estimate of drug-likeness (QED) is 0.498. The highest BCUT2D eigenvalue weighted by atomic mass is 16.5. The van der Waals surface area contributed by atoms with Gasteiger partial charge in [0.15, 0.2) is 0 Å². The van der Waals surface area contributed by atoms with Crippen LogP contribution in [0.5, 0.6) is 0 Å². The van der Waals surface area contributed by atoms with Crippen molar-refractivity contribution in [1.82, 2.24) is 10.6 Å². The predicted molar refractivity (Wildman–Crippen MR) is 92.8 cm³/mol. The molecular weight excluding hydrogens is 278 g/mol. The van der Waals surface area contributed by atoms with E-state index in [1.807, 2.05) is 13.0 Å². The zero-order chi connectivity index (χ0) is 16.6. The van der Waals surface area contributed by atoms with Crippen LogP contribution in [0.3, 0.4) is 0 Å². The molecule has 1 unspecified atom stereocenters. The van der Waals surface area contributed by atoms with Crippen LogP contribution in [0.2, 0.25) is 0 Å². The lowest BCUT2D eigenvalue weighted by molar-refractivity contribution is 0.152. The van der Waals surface area contributed by atoms with Gasteiger partial charge in [-0.05, 0) is 50.4 Å². The zero-order valence-corrected chi connectivity index (χ0v) is 13.8. The Labute approximate surface area is 134 Å². The maximum absolute atomic E-state index is 11.6. The summed E-state index contributed by atoms with van der Waals surface area (Å²) in [6.45, 7) is 13.0. The third-order valence-electron chi connectivity index (χ3n) is 3.08. The molecule has 5 nitrogen and oxygen atoms in total. The van der Waals surface area contributed by atoms with Gasteiger partial charge in [-0.3, -0.25) is 0 Å². The van der Waals surface area contributed by atoms with Crippen molar-refractivity contribution < 1.29 is 9.53 Å². The maximum Gasteiger partial charge on any atom is 0.407 e. The third kappa shape index (κ3) is 11.1. The molecule has 1 heterocycles. The Morgan fingerprint density at radius 2 is 2.23 bits per heavy atom. The van der Waals surface area contributed by atoms with E-state index in [1.165, 1.54) is 6.42 Å². The number of rotatable bonds is 7. The van der Waals surface area contributed by atoms with Gasteiger partial charge in [0.05, 0.1) is 0 Å². The van der Waals surface area contributed by atoms with Crippen molar-refractivity contribution in [2.45, 2.75) is 26.2 Å². The zero-order valence-electron chi connectivity index (χ0n) is 13.8. The van der Waals surface area contributed by atoms with E-state index in [-0.39, 0.29) is 12.7 Å². The number of nitrogens with two attached hydrogens (primary N) is 1. The number of nitrogens with one attached hydrogen (secondary N) is 2. The highest BCUT2D eigenvalue weighted by Crippen LogP contribution is 2.08. The molecule has 126 valence electrons. The molecule has 1 fully saturated rings. The first kappa shape index (κ1) is 20.4. The molecule has 4 N–H and O–H groups in total. The van der Waals surface area contributed by atoms with Crippen molar-refractivity contribution in [2.75, 3.05) is 32.8 Å². The van der Waals surface area contributed by atoms with Gasteiger partial charge in [0.1, 0.15) is 6.61 Å². The number of allylic oxidation sites excluding steroid dienone is 3. The number of hydrogen-bond acceptors (Lipinski definition) is 4. The minimum atomic E-state index is -0.357. The maximum atomic E-state index is 11.6. The van der Waals surface area contributed by atoms with Crippen molar-refractivity contribution in [3.63, 3.8) is 0 Å². The first-order chi connectivity index (χ1) is 10.7. The van der Waals surface area contributed by atoms with Crippen molar-refractivity contribution in [3.05, 3.63) is 37.0 Å². The lowest BCUT2D eigenvalue weighted by Crippen LogP contribution is -2.38. The monoisotopic (exact) mass is 309 g/mol. The van der Waals surface area contributed by atoms with Gasteiger partial charge in [0.25, 0.3) is 0 Å². The Balaban J connectivity index is 0.00000135. The smallest absolute Gasteiger partial charge is 0.407 e. The van der Waals surface area contributed by atoms with Crippen molar-refractivity contribution in [3.8, 4) is 0 Å². The number of piperidine rings is 1. The van der Waals surface area contributed by atoms with Gasteiger partial charge in [0, 0.05) is 6.54 Å². The summed E-state index contributed by atoms with van der Waals surface area (Å²) in [6, 6.07) is 0. The van der Waals surface area contributed by atoms with E-state index in [4.69, 9.17) is 10.5 Å². The van der Waals surface area contributed by atoms with Crippen LogP contribution in [0.4, 0.5) is 4.79 Å². The summed E-state index contributed by atoms with van der Waals surface area (Å²) in [4.78, 5) is 11.6. The Morgan fingerprint density at radius 3 is 2.77 bits per heavy atom. The fraction of sp³-hybridized carbons (Fsp3) is 0.588. The lowest BCUT2D eigenvalue weighted by Gasteiger charge is -2.22. The molecule has 0 bridgehead atoms. The lowest BCUT2D eigenvalue weighted by atomic mass is 10.00. The van der Waals surface area contributed by atoms with Crippen LogP contribution in [0.15, 0.2) is 37.0 Å². The Kier molecular flexibility index (Phi) is 13.3. The standard InChI is InChI=1S/C15H24N2O2.C2H7N/c1-3-6-13(7-4-2)12-19-15(18)17-11-14-8-5-9-16-10-14;1-2-3/h3-4,6,14,16H,1-2,5,7-12H2,(H,17,18);2-3H2,1H3/b13-6+;. The van der Waals surface area contributed by atoms with Crippen molar-refractivity contribution >= 4 is 6.09 Å². The third-order valence-corrected chi connectivity index (χ3v) is 3.08. The summed E-state index contributed by atoms with van der Waals surface area (Å²) in [7, 11) is 0. The fourth-order valence-corrected chi connectivity index (χ4v) is 2.06. The van der Waals surface area contributed by atoms with Crippen molar-refractivity contribution in [1.29, 1.82) is 0 Å². The molecule has 0 saturated carbocycles. The number of amides is 1. The molecule has 0 spiro atoms. The minimum absolute atomic E-state index is 0.285. The molecular formula is C17H31N3O2. The molecule has 1 aliphatic heterocycles. The molecule has 0 aromatic rings. The molecule has 1 saturated heterocycles. The Bertz CT molecular complexity index is 348. The van der Waals surface area contributed by atoms with Crippen LogP contribution < -0.4 is 16.4 Å². The van der Waals surface area contributed by atoms with E-state index in [0.717, 1.165) is 31.6 Å². The summed E-state index contributed by atoms with van der Waals surface area (Å²) in [5.74, 6) is 0.512. The summed E-state index contributed by atoms with van der Waals surface area (Å²) in [5, 5.41) is 6.13. The van der Waals surface area contributed by atoms with Gasteiger partial charge < -0.3 is 21.1 Å². The molecule has 1 amide bonds. The second-order valence-electron chi connectivity index (χ2n) is 5.13. The average molecular weight is 309 g/mol. The number of hydrogen-bond donors (Lipinski definition) is 3. The second kappa shape index (κ2) is 14.4. The molecule has 1 aliphatic rings.